The summed E-state index contributed by atoms with van der Waals surface area (Å²) in [5.41, 5.74) is 0. The number of hydrogen-bond acceptors (Lipinski definition) is 3. The highest BCUT2D eigenvalue weighted by atomic mass is 16.2. The van der Waals surface area contributed by atoms with Crippen LogP contribution in [-0.4, -0.2) is 42.8 Å². The van der Waals surface area contributed by atoms with Crippen LogP contribution in [0.5, 0.6) is 0 Å². The highest BCUT2D eigenvalue weighted by Gasteiger charge is 2.32. The largest absolute Gasteiger partial charge is 0.342 e. The molecule has 0 spiro atoms. The number of carbonyl (C=O) groups is 2. The number of nitrogens with one attached hydrogen (secondary N) is 1. The van der Waals surface area contributed by atoms with Gasteiger partial charge in [0.2, 0.25) is 5.91 Å². The molecule has 1 saturated carbocycles. The zero-order valence-corrected chi connectivity index (χ0v) is 14.2. The maximum Gasteiger partial charge on any atom is 0.225 e. The third-order valence-electron chi connectivity index (χ3n) is 4.87. The Labute approximate surface area is 129 Å². The monoisotopic (exact) mass is 296 g/mol. The summed E-state index contributed by atoms with van der Waals surface area (Å²) >= 11 is 0. The first kappa shape index (κ1) is 18.1. The van der Waals surface area contributed by atoms with E-state index in [9.17, 15) is 9.59 Å². The van der Waals surface area contributed by atoms with Crippen molar-refractivity contribution in [2.45, 2.75) is 65.3 Å². The van der Waals surface area contributed by atoms with E-state index in [1.165, 1.54) is 0 Å². The molecule has 0 bridgehead atoms. The molecule has 1 saturated heterocycles. The zero-order valence-electron chi connectivity index (χ0n) is 14.2. The van der Waals surface area contributed by atoms with E-state index in [0.29, 0.717) is 17.7 Å². The molecule has 1 N–H and O–H groups in total. The zero-order chi connectivity index (χ0) is 15.8. The summed E-state index contributed by atoms with van der Waals surface area (Å²) in [4.78, 5) is 25.8. The van der Waals surface area contributed by atoms with Gasteiger partial charge in [-0.05, 0) is 52.5 Å². The van der Waals surface area contributed by atoms with Gasteiger partial charge in [0.25, 0.3) is 0 Å². The van der Waals surface area contributed by atoms with Crippen molar-refractivity contribution < 1.29 is 9.59 Å². The van der Waals surface area contributed by atoms with Crippen LogP contribution in [0, 0.1) is 11.8 Å². The lowest BCUT2D eigenvalue weighted by atomic mass is 9.79. The molecule has 21 heavy (non-hydrogen) atoms. The van der Waals surface area contributed by atoms with E-state index in [-0.39, 0.29) is 11.8 Å². The van der Waals surface area contributed by atoms with Crippen molar-refractivity contribution in [2.24, 2.45) is 11.8 Å². The van der Waals surface area contributed by atoms with E-state index in [1.54, 1.807) is 6.92 Å². The molecular weight excluding hydrogens is 264 g/mol. The van der Waals surface area contributed by atoms with Gasteiger partial charge < -0.3 is 10.2 Å². The Kier molecular flexibility index (Phi) is 7.94. The number of rotatable bonds is 3. The maximum absolute atomic E-state index is 12.4. The molecule has 1 heterocycles. The van der Waals surface area contributed by atoms with Gasteiger partial charge in [0.1, 0.15) is 5.78 Å². The molecule has 4 heteroatoms. The Morgan fingerprint density at radius 2 is 1.38 bits per heavy atom. The first-order valence-corrected chi connectivity index (χ1v) is 8.58. The number of piperidine rings is 1. The molecule has 0 aromatic rings. The van der Waals surface area contributed by atoms with Crippen LogP contribution >= 0.6 is 0 Å². The smallest absolute Gasteiger partial charge is 0.225 e. The molecule has 0 unspecified atom stereocenters. The van der Waals surface area contributed by atoms with E-state index in [2.05, 4.69) is 5.32 Å². The topological polar surface area (TPSA) is 49.4 Å². The van der Waals surface area contributed by atoms with Crippen LogP contribution in [0.2, 0.25) is 0 Å². The summed E-state index contributed by atoms with van der Waals surface area (Å²) in [6, 6.07) is 0.567. The second kappa shape index (κ2) is 9.19. The molecule has 2 rings (SSSR count). The van der Waals surface area contributed by atoms with Crippen LogP contribution in [0.15, 0.2) is 0 Å². The second-order valence-corrected chi connectivity index (χ2v) is 6.05. The van der Waals surface area contributed by atoms with Gasteiger partial charge in [-0.1, -0.05) is 13.8 Å². The normalized spacial score (nSPS) is 26.8. The Bertz CT molecular complexity index is 328. The Balaban J connectivity index is 0.00000106. The fourth-order valence-corrected chi connectivity index (χ4v) is 3.39. The summed E-state index contributed by atoms with van der Waals surface area (Å²) < 4.78 is 0. The summed E-state index contributed by atoms with van der Waals surface area (Å²) in [5, 5.41) is 3.29. The molecule has 1 aliphatic carbocycles. The van der Waals surface area contributed by atoms with Gasteiger partial charge in [0.15, 0.2) is 0 Å². The van der Waals surface area contributed by atoms with Crippen LogP contribution in [-0.2, 0) is 9.59 Å². The van der Waals surface area contributed by atoms with Crippen molar-refractivity contribution in [2.75, 3.05) is 20.1 Å². The van der Waals surface area contributed by atoms with Gasteiger partial charge in [-0.25, -0.2) is 0 Å². The summed E-state index contributed by atoms with van der Waals surface area (Å²) in [5.74, 6) is 0.998. The van der Waals surface area contributed by atoms with Crippen LogP contribution in [0.3, 0.4) is 0 Å². The van der Waals surface area contributed by atoms with Crippen LogP contribution < -0.4 is 5.32 Å². The maximum atomic E-state index is 12.4. The van der Waals surface area contributed by atoms with Crippen molar-refractivity contribution in [3.8, 4) is 0 Å². The number of hydrogen-bond donors (Lipinski definition) is 1. The SMILES string of the molecule is CC.CNC1CCN(C(=O)C2CCC(C(C)=O)CC2)CC1. The van der Waals surface area contributed by atoms with E-state index >= 15 is 0 Å². The molecule has 1 amide bonds. The van der Waals surface area contributed by atoms with Crippen molar-refractivity contribution in [1.29, 1.82) is 0 Å². The van der Waals surface area contributed by atoms with Gasteiger partial charge in [-0.15, -0.1) is 0 Å². The molecule has 122 valence electrons. The Morgan fingerprint density at radius 1 is 0.905 bits per heavy atom. The van der Waals surface area contributed by atoms with Gasteiger partial charge >= 0.3 is 0 Å². The van der Waals surface area contributed by atoms with E-state index in [1.807, 2.05) is 25.8 Å². The summed E-state index contributed by atoms with van der Waals surface area (Å²) in [6.45, 7) is 7.45. The van der Waals surface area contributed by atoms with Crippen LogP contribution in [0.4, 0.5) is 0 Å². The van der Waals surface area contributed by atoms with Crippen molar-refractivity contribution in [1.82, 2.24) is 10.2 Å². The number of likely N-dealkylation sites (tertiary alicyclic amines) is 1. The lowest BCUT2D eigenvalue weighted by molar-refractivity contribution is -0.139. The Hall–Kier alpha value is -0.900. The van der Waals surface area contributed by atoms with Gasteiger partial charge in [-0.2, -0.15) is 0 Å². The Morgan fingerprint density at radius 3 is 1.81 bits per heavy atom. The van der Waals surface area contributed by atoms with E-state index in [0.717, 1.165) is 51.6 Å². The lowest BCUT2D eigenvalue weighted by Crippen LogP contribution is -2.46. The highest BCUT2D eigenvalue weighted by Crippen LogP contribution is 2.31. The van der Waals surface area contributed by atoms with E-state index < -0.39 is 0 Å². The third kappa shape index (κ3) is 5.10. The number of carbonyl (C=O) groups excluding carboxylic acids is 2. The average Bonchev–Trinajstić information content (AvgIpc) is 2.56. The van der Waals surface area contributed by atoms with Gasteiger partial charge in [0.05, 0.1) is 0 Å². The second-order valence-electron chi connectivity index (χ2n) is 6.05. The first-order chi connectivity index (χ1) is 10.1. The molecule has 0 atom stereocenters. The lowest BCUT2D eigenvalue weighted by Gasteiger charge is -2.36. The van der Waals surface area contributed by atoms with Crippen LogP contribution in [0.25, 0.3) is 0 Å². The van der Waals surface area contributed by atoms with Gasteiger partial charge in [-0.3, -0.25) is 9.59 Å². The first-order valence-electron chi connectivity index (χ1n) is 8.58. The standard InChI is InChI=1S/C15H26N2O2.C2H6/c1-11(18)12-3-5-13(6-4-12)15(19)17-9-7-14(16-2)8-10-17;1-2/h12-14,16H,3-10H2,1-2H3;1-2H3. The molecular formula is C17H32N2O2. The minimum Gasteiger partial charge on any atom is -0.342 e. The molecule has 2 fully saturated rings. The predicted molar refractivity (Wildman–Crippen MR) is 86.1 cm³/mol. The predicted octanol–water partition coefficient (Wildman–Crippen LogP) is 2.62. The van der Waals surface area contributed by atoms with E-state index in [4.69, 9.17) is 0 Å². The molecule has 2 aliphatic rings. The fraction of sp³-hybridized carbons (Fsp3) is 0.882. The average molecular weight is 296 g/mol. The molecule has 4 nitrogen and oxygen atoms in total. The van der Waals surface area contributed by atoms with Crippen molar-refractivity contribution in [3.05, 3.63) is 0 Å². The number of amides is 1. The number of ketones is 1. The van der Waals surface area contributed by atoms with Crippen molar-refractivity contribution in [3.63, 3.8) is 0 Å². The summed E-state index contributed by atoms with van der Waals surface area (Å²) in [6.07, 6.45) is 5.72. The fourth-order valence-electron chi connectivity index (χ4n) is 3.39. The highest BCUT2D eigenvalue weighted by molar-refractivity contribution is 5.81. The molecule has 0 aromatic heterocycles. The number of Topliss-reactive ketones (excluding diaryl/α,β-unsaturated/α-hetero) is 1. The molecule has 1 aliphatic heterocycles. The molecule has 0 radical (unpaired) electrons. The minimum absolute atomic E-state index is 0.168. The van der Waals surface area contributed by atoms with Gasteiger partial charge in [0, 0.05) is 31.0 Å². The quantitative estimate of drug-likeness (QED) is 0.871. The number of nitrogens with zero attached hydrogens (tertiary/aromatic N) is 1. The third-order valence-corrected chi connectivity index (χ3v) is 4.87. The minimum atomic E-state index is 0.168. The molecule has 0 aromatic carbocycles. The summed E-state index contributed by atoms with van der Waals surface area (Å²) in [7, 11) is 1.99. The van der Waals surface area contributed by atoms with Crippen molar-refractivity contribution >= 4 is 11.7 Å². The van der Waals surface area contributed by atoms with Crippen LogP contribution in [0.1, 0.15) is 59.3 Å².